The Labute approximate surface area is 236 Å². The Bertz CT molecular complexity index is 1380. The molecule has 0 aliphatic rings. The molecule has 10 heteroatoms. The van der Waals surface area contributed by atoms with Crippen LogP contribution in [-0.4, -0.2) is 58.0 Å². The lowest BCUT2D eigenvalue weighted by atomic mass is 10.1. The first-order valence-corrected chi connectivity index (χ1v) is 14.5. The Morgan fingerprint density at radius 2 is 1.50 bits per heavy atom. The van der Waals surface area contributed by atoms with Gasteiger partial charge in [-0.3, -0.25) is 13.9 Å². The van der Waals surface area contributed by atoms with Crippen LogP contribution in [0.5, 0.6) is 11.5 Å². The molecule has 0 aromatic heterocycles. The first kappa shape index (κ1) is 30.5. The van der Waals surface area contributed by atoms with Crippen LogP contribution >= 0.6 is 0 Å². The highest BCUT2D eigenvalue weighted by Crippen LogP contribution is 2.32. The van der Waals surface area contributed by atoms with Gasteiger partial charge in [-0.05, 0) is 62.2 Å². The minimum atomic E-state index is -4.18. The highest BCUT2D eigenvalue weighted by Gasteiger charge is 2.34. The standard InChI is InChI=1S/C30H37N3O6S/c1-6-26(30(35)31-22(2)3)32(20-23-16-18-24(38-4)19-17-23)29(34)21-33(27-14-10-11-15-28(27)39-5)40(36,37)25-12-8-7-9-13-25/h7-19,22,26H,6,20-21H2,1-5H3,(H,31,35)/t26-/m0/s1. The van der Waals surface area contributed by atoms with Crippen molar-refractivity contribution < 1.29 is 27.5 Å². The van der Waals surface area contributed by atoms with E-state index >= 15 is 0 Å². The molecule has 1 N–H and O–H groups in total. The average molecular weight is 568 g/mol. The van der Waals surface area contributed by atoms with Crippen molar-refractivity contribution in [2.45, 2.75) is 50.7 Å². The van der Waals surface area contributed by atoms with E-state index in [2.05, 4.69) is 5.32 Å². The van der Waals surface area contributed by atoms with Gasteiger partial charge in [0, 0.05) is 12.6 Å². The average Bonchev–Trinajstić information content (AvgIpc) is 2.96. The van der Waals surface area contributed by atoms with Crippen LogP contribution in [0.2, 0.25) is 0 Å². The molecule has 0 aliphatic carbocycles. The number of benzene rings is 3. The van der Waals surface area contributed by atoms with Gasteiger partial charge in [-0.1, -0.05) is 49.4 Å². The molecule has 3 aromatic rings. The number of methoxy groups -OCH3 is 2. The molecule has 0 radical (unpaired) electrons. The smallest absolute Gasteiger partial charge is 0.264 e. The number of hydrogen-bond donors (Lipinski definition) is 1. The minimum absolute atomic E-state index is 0.0278. The summed E-state index contributed by atoms with van der Waals surface area (Å²) in [5.41, 5.74) is 0.978. The van der Waals surface area contributed by atoms with E-state index in [-0.39, 0.29) is 29.1 Å². The lowest BCUT2D eigenvalue weighted by molar-refractivity contribution is -0.140. The highest BCUT2D eigenvalue weighted by atomic mass is 32.2. The van der Waals surface area contributed by atoms with Crippen molar-refractivity contribution in [3.63, 3.8) is 0 Å². The molecule has 3 aromatic carbocycles. The number of rotatable bonds is 13. The Kier molecular flexibility index (Phi) is 10.6. The van der Waals surface area contributed by atoms with E-state index in [1.165, 1.54) is 24.1 Å². The Hall–Kier alpha value is -4.05. The molecule has 2 amide bonds. The Balaban J connectivity index is 2.08. The summed E-state index contributed by atoms with van der Waals surface area (Å²) in [5.74, 6) is 0.102. The second-order valence-electron chi connectivity index (χ2n) is 9.45. The third-order valence-corrected chi connectivity index (χ3v) is 8.07. The van der Waals surface area contributed by atoms with Crippen molar-refractivity contribution in [1.82, 2.24) is 10.2 Å². The first-order chi connectivity index (χ1) is 19.1. The van der Waals surface area contributed by atoms with Crippen LogP contribution in [0, 0.1) is 0 Å². The van der Waals surface area contributed by atoms with Crippen LogP contribution in [0.4, 0.5) is 5.69 Å². The van der Waals surface area contributed by atoms with Crippen molar-refractivity contribution in [3.05, 3.63) is 84.4 Å². The third kappa shape index (κ3) is 7.32. The number of nitrogens with one attached hydrogen (secondary N) is 1. The van der Waals surface area contributed by atoms with Crippen LogP contribution in [0.15, 0.2) is 83.8 Å². The molecule has 0 aliphatic heterocycles. The van der Waals surface area contributed by atoms with Gasteiger partial charge in [0.15, 0.2) is 0 Å². The number of amides is 2. The van der Waals surface area contributed by atoms with Crippen LogP contribution < -0.4 is 19.1 Å². The van der Waals surface area contributed by atoms with Gasteiger partial charge < -0.3 is 19.7 Å². The Morgan fingerprint density at radius 1 is 0.875 bits per heavy atom. The number of sulfonamides is 1. The summed E-state index contributed by atoms with van der Waals surface area (Å²) in [6.07, 6.45) is 0.334. The van der Waals surface area contributed by atoms with Gasteiger partial charge in [-0.25, -0.2) is 8.42 Å². The molecule has 0 saturated carbocycles. The fourth-order valence-corrected chi connectivity index (χ4v) is 5.74. The molecular weight excluding hydrogens is 530 g/mol. The molecule has 0 fully saturated rings. The molecule has 9 nitrogen and oxygen atoms in total. The van der Waals surface area contributed by atoms with E-state index in [0.29, 0.717) is 17.9 Å². The van der Waals surface area contributed by atoms with Gasteiger partial charge in [0.2, 0.25) is 11.8 Å². The van der Waals surface area contributed by atoms with Crippen LogP contribution in [0.3, 0.4) is 0 Å². The van der Waals surface area contributed by atoms with Gasteiger partial charge in [-0.2, -0.15) is 0 Å². The van der Waals surface area contributed by atoms with Crippen molar-refractivity contribution in [2.24, 2.45) is 0 Å². The summed E-state index contributed by atoms with van der Waals surface area (Å²) in [5, 5.41) is 2.89. The lowest BCUT2D eigenvalue weighted by Gasteiger charge is -2.33. The molecule has 1 atom stereocenters. The van der Waals surface area contributed by atoms with Gasteiger partial charge in [-0.15, -0.1) is 0 Å². The van der Waals surface area contributed by atoms with Crippen molar-refractivity contribution in [3.8, 4) is 11.5 Å². The summed E-state index contributed by atoms with van der Waals surface area (Å²) in [4.78, 5) is 28.8. The molecule has 0 spiro atoms. The maximum absolute atomic E-state index is 14.1. The molecule has 0 unspecified atom stereocenters. The monoisotopic (exact) mass is 567 g/mol. The van der Waals surface area contributed by atoms with Gasteiger partial charge in [0.25, 0.3) is 10.0 Å². The summed E-state index contributed by atoms with van der Waals surface area (Å²) in [7, 11) is -1.18. The zero-order chi connectivity index (χ0) is 29.3. The van der Waals surface area contributed by atoms with E-state index in [9.17, 15) is 18.0 Å². The van der Waals surface area contributed by atoms with E-state index in [0.717, 1.165) is 9.87 Å². The number of carbonyl (C=O) groups is 2. The van der Waals surface area contributed by atoms with Crippen molar-refractivity contribution in [2.75, 3.05) is 25.1 Å². The molecule has 0 bridgehead atoms. The fraction of sp³-hybridized carbons (Fsp3) is 0.333. The van der Waals surface area contributed by atoms with E-state index in [4.69, 9.17) is 9.47 Å². The minimum Gasteiger partial charge on any atom is -0.497 e. The lowest BCUT2D eigenvalue weighted by Crippen LogP contribution is -2.53. The number of carbonyl (C=O) groups excluding carboxylic acids is 2. The van der Waals surface area contributed by atoms with Crippen molar-refractivity contribution >= 4 is 27.5 Å². The highest BCUT2D eigenvalue weighted by molar-refractivity contribution is 7.92. The van der Waals surface area contributed by atoms with E-state index in [1.54, 1.807) is 61.7 Å². The van der Waals surface area contributed by atoms with Crippen LogP contribution in [-0.2, 0) is 26.2 Å². The molecule has 0 saturated heterocycles. The zero-order valence-corrected chi connectivity index (χ0v) is 24.4. The Morgan fingerprint density at radius 3 is 2.08 bits per heavy atom. The SMILES string of the molecule is CC[C@@H](C(=O)NC(C)C)N(Cc1ccc(OC)cc1)C(=O)CN(c1ccccc1OC)S(=O)(=O)c1ccccc1. The van der Waals surface area contributed by atoms with Crippen LogP contribution in [0.1, 0.15) is 32.8 Å². The molecule has 0 heterocycles. The second kappa shape index (κ2) is 13.8. The van der Waals surface area contributed by atoms with Gasteiger partial charge in [0.05, 0.1) is 24.8 Å². The van der Waals surface area contributed by atoms with E-state index in [1.807, 2.05) is 32.9 Å². The quantitative estimate of drug-likeness (QED) is 0.332. The van der Waals surface area contributed by atoms with Gasteiger partial charge in [0.1, 0.15) is 24.1 Å². The largest absolute Gasteiger partial charge is 0.497 e. The summed E-state index contributed by atoms with van der Waals surface area (Å²) < 4.78 is 39.6. The number of ether oxygens (including phenoxy) is 2. The predicted octanol–water partition coefficient (Wildman–Crippen LogP) is 4.23. The molecule has 40 heavy (non-hydrogen) atoms. The molecule has 214 valence electrons. The van der Waals surface area contributed by atoms with E-state index < -0.39 is 28.5 Å². The summed E-state index contributed by atoms with van der Waals surface area (Å²) in [6, 6.07) is 20.7. The third-order valence-electron chi connectivity index (χ3n) is 6.29. The zero-order valence-electron chi connectivity index (χ0n) is 23.5. The predicted molar refractivity (Wildman–Crippen MR) is 155 cm³/mol. The normalized spacial score (nSPS) is 11.9. The molecule has 3 rings (SSSR count). The number of para-hydroxylation sites is 2. The number of nitrogens with zero attached hydrogens (tertiary/aromatic N) is 2. The topological polar surface area (TPSA) is 105 Å². The van der Waals surface area contributed by atoms with Crippen molar-refractivity contribution in [1.29, 1.82) is 0 Å². The number of anilines is 1. The maximum atomic E-state index is 14.1. The second-order valence-corrected chi connectivity index (χ2v) is 11.3. The summed E-state index contributed by atoms with van der Waals surface area (Å²) in [6.45, 7) is 5.06. The first-order valence-electron chi connectivity index (χ1n) is 13.1. The van der Waals surface area contributed by atoms with Gasteiger partial charge >= 0.3 is 0 Å². The molecular formula is C30H37N3O6S. The fourth-order valence-electron chi connectivity index (χ4n) is 4.30. The summed E-state index contributed by atoms with van der Waals surface area (Å²) >= 11 is 0. The number of hydrogen-bond acceptors (Lipinski definition) is 6. The maximum Gasteiger partial charge on any atom is 0.264 e. The van der Waals surface area contributed by atoms with Crippen LogP contribution in [0.25, 0.3) is 0 Å².